The largest absolute Gasteiger partial charge is 0.398 e. The fourth-order valence-electron chi connectivity index (χ4n) is 0.693. The smallest absolute Gasteiger partial charge is 0.393 e. The van der Waals surface area contributed by atoms with Crippen LogP contribution in [0.3, 0.4) is 0 Å². The van der Waals surface area contributed by atoms with Gasteiger partial charge in [-0.2, -0.15) is 13.2 Å². The van der Waals surface area contributed by atoms with Crippen LogP contribution < -0.4 is 5.73 Å². The highest BCUT2D eigenvalue weighted by atomic mass is 32.1. The lowest BCUT2D eigenvalue weighted by molar-refractivity contribution is -0.127. The van der Waals surface area contributed by atoms with Gasteiger partial charge in [0.05, 0.1) is 6.42 Å². The van der Waals surface area contributed by atoms with Crippen LogP contribution in [0.15, 0.2) is 10.8 Å². The molecule has 2 N–H and O–H groups in total. The highest BCUT2D eigenvalue weighted by Gasteiger charge is 2.28. The molecule has 0 aliphatic heterocycles. The minimum atomic E-state index is -4.16. The third-order valence-electron chi connectivity index (χ3n) is 1.17. The molecule has 5 heteroatoms. The molecule has 0 saturated heterocycles. The van der Waals surface area contributed by atoms with Gasteiger partial charge in [-0.1, -0.05) is 0 Å². The Morgan fingerprint density at radius 3 is 2.36 bits per heavy atom. The van der Waals surface area contributed by atoms with Gasteiger partial charge in [0.15, 0.2) is 0 Å². The quantitative estimate of drug-likeness (QED) is 0.707. The van der Waals surface area contributed by atoms with Crippen molar-refractivity contribution in [1.82, 2.24) is 0 Å². The molecule has 1 rings (SSSR count). The van der Waals surface area contributed by atoms with E-state index in [1.807, 2.05) is 0 Å². The molecule has 0 atom stereocenters. The second-order valence-corrected chi connectivity index (χ2v) is 2.89. The van der Waals surface area contributed by atoms with Crippen LogP contribution in [0, 0.1) is 0 Å². The Bertz CT molecular complexity index is 240. The first kappa shape index (κ1) is 8.39. The van der Waals surface area contributed by atoms with E-state index >= 15 is 0 Å². The Balaban J connectivity index is 2.72. The molecule has 1 aromatic rings. The predicted molar refractivity (Wildman–Crippen MR) is 38.5 cm³/mol. The highest BCUT2D eigenvalue weighted by molar-refractivity contribution is 7.08. The van der Waals surface area contributed by atoms with E-state index in [1.165, 1.54) is 22.1 Å². The first-order chi connectivity index (χ1) is 4.99. The van der Waals surface area contributed by atoms with E-state index in [-0.39, 0.29) is 11.3 Å². The monoisotopic (exact) mass is 181 g/mol. The molecular weight excluding hydrogens is 175 g/mol. The van der Waals surface area contributed by atoms with E-state index in [9.17, 15) is 13.2 Å². The third kappa shape index (κ3) is 2.42. The summed E-state index contributed by atoms with van der Waals surface area (Å²) in [5.41, 5.74) is 5.66. The van der Waals surface area contributed by atoms with Crippen LogP contribution in [0.5, 0.6) is 0 Å². The third-order valence-corrected chi connectivity index (χ3v) is 1.98. The zero-order valence-corrected chi connectivity index (χ0v) is 6.30. The summed E-state index contributed by atoms with van der Waals surface area (Å²) < 4.78 is 35.2. The average Bonchev–Trinajstić information content (AvgIpc) is 2.12. The molecule has 1 heterocycles. The van der Waals surface area contributed by atoms with Gasteiger partial charge in [0.1, 0.15) is 0 Å². The molecule has 0 amide bonds. The number of nitrogens with two attached hydrogens (primary N) is 1. The molecule has 0 bridgehead atoms. The summed E-state index contributed by atoms with van der Waals surface area (Å²) in [5.74, 6) is 0. The van der Waals surface area contributed by atoms with E-state index in [0.29, 0.717) is 0 Å². The number of rotatable bonds is 1. The van der Waals surface area contributed by atoms with Crippen LogP contribution in [-0.4, -0.2) is 6.18 Å². The van der Waals surface area contributed by atoms with Crippen LogP contribution >= 0.6 is 11.3 Å². The van der Waals surface area contributed by atoms with Gasteiger partial charge in [-0.05, 0) is 10.9 Å². The van der Waals surface area contributed by atoms with Crippen molar-refractivity contribution in [2.45, 2.75) is 12.6 Å². The van der Waals surface area contributed by atoms with Gasteiger partial charge in [-0.3, -0.25) is 0 Å². The first-order valence-corrected chi connectivity index (χ1v) is 3.80. The van der Waals surface area contributed by atoms with Crippen molar-refractivity contribution < 1.29 is 13.2 Å². The van der Waals surface area contributed by atoms with Crippen LogP contribution in [0.1, 0.15) is 5.56 Å². The van der Waals surface area contributed by atoms with Gasteiger partial charge in [-0.15, -0.1) is 11.3 Å². The van der Waals surface area contributed by atoms with Crippen molar-refractivity contribution in [2.75, 3.05) is 5.73 Å². The van der Waals surface area contributed by atoms with Gasteiger partial charge >= 0.3 is 6.18 Å². The maximum Gasteiger partial charge on any atom is 0.393 e. The van der Waals surface area contributed by atoms with Crippen LogP contribution in [0.25, 0.3) is 0 Å². The van der Waals surface area contributed by atoms with Gasteiger partial charge < -0.3 is 5.73 Å². The molecule has 0 fully saturated rings. The summed E-state index contributed by atoms with van der Waals surface area (Å²) in [4.78, 5) is 0. The lowest BCUT2D eigenvalue weighted by Crippen LogP contribution is -2.11. The van der Waals surface area contributed by atoms with Crippen molar-refractivity contribution in [1.29, 1.82) is 0 Å². The Kier molecular flexibility index (Phi) is 2.08. The molecule has 0 aliphatic rings. The SMILES string of the molecule is Nc1cscc1CC(F)(F)F. The van der Waals surface area contributed by atoms with Crippen LogP contribution in [0.4, 0.5) is 18.9 Å². The molecule has 11 heavy (non-hydrogen) atoms. The second-order valence-electron chi connectivity index (χ2n) is 2.14. The molecule has 62 valence electrons. The molecule has 1 aromatic heterocycles. The van der Waals surface area contributed by atoms with Crippen molar-refractivity contribution in [3.63, 3.8) is 0 Å². The molecule has 0 unspecified atom stereocenters. The van der Waals surface area contributed by atoms with Gasteiger partial charge in [0.25, 0.3) is 0 Å². The van der Waals surface area contributed by atoms with E-state index in [0.717, 1.165) is 0 Å². The molecular formula is C6H6F3NS. The Hall–Kier alpha value is -0.710. The molecule has 0 aromatic carbocycles. The lowest BCUT2D eigenvalue weighted by atomic mass is 10.2. The highest BCUT2D eigenvalue weighted by Crippen LogP contribution is 2.26. The second kappa shape index (κ2) is 2.73. The normalized spacial score (nSPS) is 11.9. The number of thiophene rings is 1. The van der Waals surface area contributed by atoms with E-state index in [1.54, 1.807) is 0 Å². The fraction of sp³-hybridized carbons (Fsp3) is 0.333. The van der Waals surface area contributed by atoms with Gasteiger partial charge in [-0.25, -0.2) is 0 Å². The minimum Gasteiger partial charge on any atom is -0.398 e. The summed E-state index contributed by atoms with van der Waals surface area (Å²) in [6.07, 6.45) is -5.09. The first-order valence-electron chi connectivity index (χ1n) is 2.86. The lowest BCUT2D eigenvalue weighted by Gasteiger charge is -2.04. The number of halogens is 3. The number of alkyl halides is 3. The number of anilines is 1. The summed E-state index contributed by atoms with van der Waals surface area (Å²) in [5, 5.41) is 2.92. The van der Waals surface area contributed by atoms with Crippen molar-refractivity contribution in [2.24, 2.45) is 0 Å². The summed E-state index contributed by atoms with van der Waals surface area (Å²) in [6, 6.07) is 0. The zero-order valence-electron chi connectivity index (χ0n) is 5.48. The molecule has 0 spiro atoms. The number of nitrogen functional groups attached to an aromatic ring is 1. The maximum atomic E-state index is 11.7. The van der Waals surface area contributed by atoms with E-state index < -0.39 is 12.6 Å². The van der Waals surface area contributed by atoms with E-state index in [4.69, 9.17) is 5.73 Å². The summed E-state index contributed by atoms with van der Waals surface area (Å²) >= 11 is 1.18. The van der Waals surface area contributed by atoms with Crippen molar-refractivity contribution >= 4 is 17.0 Å². The topological polar surface area (TPSA) is 26.0 Å². The predicted octanol–water partition coefficient (Wildman–Crippen LogP) is 2.44. The molecule has 0 aliphatic carbocycles. The van der Waals surface area contributed by atoms with Gasteiger partial charge in [0.2, 0.25) is 0 Å². The Labute approximate surface area is 65.6 Å². The maximum absolute atomic E-state index is 11.7. The Morgan fingerprint density at radius 1 is 1.36 bits per heavy atom. The number of hydrogen-bond acceptors (Lipinski definition) is 2. The summed E-state index contributed by atoms with van der Waals surface area (Å²) in [6.45, 7) is 0. The molecule has 0 saturated carbocycles. The summed E-state index contributed by atoms with van der Waals surface area (Å²) in [7, 11) is 0. The van der Waals surface area contributed by atoms with Crippen LogP contribution in [0.2, 0.25) is 0 Å². The van der Waals surface area contributed by atoms with Gasteiger partial charge in [0, 0.05) is 11.1 Å². The zero-order chi connectivity index (χ0) is 8.48. The fourth-order valence-corrected chi connectivity index (χ4v) is 1.44. The van der Waals surface area contributed by atoms with Crippen molar-refractivity contribution in [3.05, 3.63) is 16.3 Å². The average molecular weight is 181 g/mol. The Morgan fingerprint density at radius 2 is 2.00 bits per heavy atom. The van der Waals surface area contributed by atoms with Crippen LogP contribution in [-0.2, 0) is 6.42 Å². The van der Waals surface area contributed by atoms with Crippen molar-refractivity contribution in [3.8, 4) is 0 Å². The minimum absolute atomic E-state index is 0.169. The standard InChI is InChI=1S/C6H6F3NS/c7-6(8,9)1-4-2-11-3-5(4)10/h2-3H,1,10H2. The number of hydrogen-bond donors (Lipinski definition) is 1. The van der Waals surface area contributed by atoms with E-state index in [2.05, 4.69) is 0 Å². The molecule has 0 radical (unpaired) electrons. The molecule has 1 nitrogen and oxygen atoms in total.